The highest BCUT2D eigenvalue weighted by molar-refractivity contribution is 6.06. The van der Waals surface area contributed by atoms with Gasteiger partial charge in [-0.25, -0.2) is 0 Å². The first kappa shape index (κ1) is 14.8. The van der Waals surface area contributed by atoms with Crippen molar-refractivity contribution in [2.24, 2.45) is 16.3 Å². The number of rotatable bonds is 3. The summed E-state index contributed by atoms with van der Waals surface area (Å²) in [5, 5.41) is 11.8. The predicted octanol–water partition coefficient (Wildman–Crippen LogP) is 0.785. The molecule has 3 N–H and O–H groups in total. The Kier molecular flexibility index (Phi) is 4.56. The molecule has 1 aliphatic rings. The summed E-state index contributed by atoms with van der Waals surface area (Å²) in [5.74, 6) is -0.149. The number of morpholine rings is 1. The number of nitrogens with zero attached hydrogens (tertiary/aromatic N) is 2. The normalized spacial score (nSPS) is 28.9. The minimum Gasteiger partial charge on any atom is -0.409 e. The monoisotopic (exact) mass is 257 g/mol. The number of carbonyl (C=O) groups excluding carboxylic acids is 1. The van der Waals surface area contributed by atoms with E-state index in [1.807, 2.05) is 20.8 Å². The van der Waals surface area contributed by atoms with Crippen molar-refractivity contribution in [2.75, 3.05) is 13.1 Å². The van der Waals surface area contributed by atoms with E-state index >= 15 is 0 Å². The van der Waals surface area contributed by atoms with Crippen LogP contribution in [0.4, 0.5) is 0 Å². The lowest BCUT2D eigenvalue weighted by molar-refractivity contribution is -0.149. The molecule has 0 aromatic rings. The molecule has 6 nitrogen and oxygen atoms in total. The minimum absolute atomic E-state index is 0.00564. The number of amidine groups is 1. The van der Waals surface area contributed by atoms with Crippen molar-refractivity contribution >= 4 is 11.7 Å². The number of ether oxygens (including phenoxy) is 1. The maximum atomic E-state index is 12.5. The van der Waals surface area contributed by atoms with E-state index in [9.17, 15) is 4.79 Å². The van der Waals surface area contributed by atoms with Crippen LogP contribution < -0.4 is 5.73 Å². The third-order valence-corrected chi connectivity index (χ3v) is 3.56. The molecule has 0 spiro atoms. The zero-order chi connectivity index (χ0) is 13.9. The summed E-state index contributed by atoms with van der Waals surface area (Å²) in [4.78, 5) is 14.3. The molecule has 0 bridgehead atoms. The summed E-state index contributed by atoms with van der Waals surface area (Å²) in [6.45, 7) is 8.50. The van der Waals surface area contributed by atoms with Crippen molar-refractivity contribution < 1.29 is 14.7 Å². The highest BCUT2D eigenvalue weighted by atomic mass is 16.5. The van der Waals surface area contributed by atoms with Crippen LogP contribution in [0.3, 0.4) is 0 Å². The van der Waals surface area contributed by atoms with Crippen molar-refractivity contribution in [3.05, 3.63) is 0 Å². The van der Waals surface area contributed by atoms with Crippen LogP contribution in [-0.2, 0) is 9.53 Å². The molecule has 18 heavy (non-hydrogen) atoms. The Labute approximate surface area is 108 Å². The van der Waals surface area contributed by atoms with Crippen molar-refractivity contribution in [1.82, 2.24) is 4.90 Å². The van der Waals surface area contributed by atoms with Gasteiger partial charge in [-0.3, -0.25) is 4.79 Å². The van der Waals surface area contributed by atoms with Gasteiger partial charge < -0.3 is 20.6 Å². The van der Waals surface area contributed by atoms with Gasteiger partial charge in [0.15, 0.2) is 5.84 Å². The Morgan fingerprint density at radius 2 is 2.00 bits per heavy atom. The van der Waals surface area contributed by atoms with Gasteiger partial charge in [-0.05, 0) is 27.2 Å². The molecular formula is C12H23N3O3. The Hall–Kier alpha value is -1.30. The first-order valence-corrected chi connectivity index (χ1v) is 6.28. The molecule has 1 amide bonds. The fourth-order valence-electron chi connectivity index (χ4n) is 2.24. The highest BCUT2D eigenvalue weighted by Gasteiger charge is 2.41. The largest absolute Gasteiger partial charge is 0.409 e. The van der Waals surface area contributed by atoms with E-state index < -0.39 is 5.41 Å². The SMILES string of the molecule is CCC(C)(C(=O)N1C[C@@H](C)O[C@@H](C)C1)C(N)=NO. The van der Waals surface area contributed by atoms with Gasteiger partial charge in [-0.2, -0.15) is 0 Å². The van der Waals surface area contributed by atoms with E-state index in [-0.39, 0.29) is 24.0 Å². The second-order valence-electron chi connectivity index (χ2n) is 5.14. The molecule has 0 aliphatic carbocycles. The van der Waals surface area contributed by atoms with E-state index in [4.69, 9.17) is 15.7 Å². The van der Waals surface area contributed by atoms with Crippen LogP contribution in [0, 0.1) is 5.41 Å². The maximum absolute atomic E-state index is 12.5. The van der Waals surface area contributed by atoms with Crippen LogP contribution in [0.2, 0.25) is 0 Å². The molecule has 1 fully saturated rings. The Morgan fingerprint density at radius 1 is 1.50 bits per heavy atom. The average Bonchev–Trinajstić information content (AvgIpc) is 2.34. The zero-order valence-corrected chi connectivity index (χ0v) is 11.5. The van der Waals surface area contributed by atoms with Crippen LogP contribution >= 0.6 is 0 Å². The molecule has 0 aromatic heterocycles. The standard InChI is InChI=1S/C12H23N3O3/c1-5-12(4,10(13)14-17)11(16)15-6-8(2)18-9(3)7-15/h8-9,17H,5-7H2,1-4H3,(H2,13,14)/t8-,9+,12?. The summed E-state index contributed by atoms with van der Waals surface area (Å²) in [5.41, 5.74) is 4.71. The molecule has 1 unspecified atom stereocenters. The third kappa shape index (κ3) is 2.75. The molecule has 0 radical (unpaired) electrons. The molecule has 3 atom stereocenters. The molecule has 6 heteroatoms. The van der Waals surface area contributed by atoms with Gasteiger partial charge in [0, 0.05) is 13.1 Å². The summed E-state index contributed by atoms with van der Waals surface area (Å²) in [6, 6.07) is 0. The number of oxime groups is 1. The Balaban J connectivity index is 2.91. The Morgan fingerprint density at radius 3 is 2.39 bits per heavy atom. The number of hydrogen-bond donors (Lipinski definition) is 2. The van der Waals surface area contributed by atoms with Gasteiger partial charge in [0.1, 0.15) is 5.41 Å². The van der Waals surface area contributed by atoms with E-state index in [0.29, 0.717) is 19.5 Å². The fourth-order valence-corrected chi connectivity index (χ4v) is 2.24. The summed E-state index contributed by atoms with van der Waals surface area (Å²) < 4.78 is 5.59. The lowest BCUT2D eigenvalue weighted by Crippen LogP contribution is -2.55. The van der Waals surface area contributed by atoms with E-state index in [1.165, 1.54) is 0 Å². The second kappa shape index (κ2) is 5.56. The number of hydrogen-bond acceptors (Lipinski definition) is 4. The lowest BCUT2D eigenvalue weighted by Gasteiger charge is -2.39. The van der Waals surface area contributed by atoms with Gasteiger partial charge >= 0.3 is 0 Å². The quantitative estimate of drug-likeness (QED) is 0.338. The van der Waals surface area contributed by atoms with Crippen LogP contribution in [0.5, 0.6) is 0 Å². The topological polar surface area (TPSA) is 88.2 Å². The summed E-state index contributed by atoms with van der Waals surface area (Å²) in [7, 11) is 0. The van der Waals surface area contributed by atoms with E-state index in [2.05, 4.69) is 5.16 Å². The number of amides is 1. The molecule has 1 rings (SSSR count). The van der Waals surface area contributed by atoms with Crippen LogP contribution in [0.15, 0.2) is 5.16 Å². The molecular weight excluding hydrogens is 234 g/mol. The zero-order valence-electron chi connectivity index (χ0n) is 11.5. The first-order valence-electron chi connectivity index (χ1n) is 6.28. The first-order chi connectivity index (χ1) is 8.35. The highest BCUT2D eigenvalue weighted by Crippen LogP contribution is 2.26. The smallest absolute Gasteiger partial charge is 0.236 e. The molecule has 1 aliphatic heterocycles. The van der Waals surface area contributed by atoms with Crippen LogP contribution in [-0.4, -0.2) is 47.1 Å². The van der Waals surface area contributed by atoms with Gasteiger partial charge in [0.2, 0.25) is 5.91 Å². The number of nitrogens with two attached hydrogens (primary N) is 1. The van der Waals surface area contributed by atoms with Crippen molar-refractivity contribution in [3.63, 3.8) is 0 Å². The number of carbonyl (C=O) groups is 1. The molecule has 104 valence electrons. The predicted molar refractivity (Wildman–Crippen MR) is 68.4 cm³/mol. The molecule has 1 heterocycles. The van der Waals surface area contributed by atoms with Crippen LogP contribution in [0.25, 0.3) is 0 Å². The van der Waals surface area contributed by atoms with Gasteiger partial charge in [0.25, 0.3) is 0 Å². The average molecular weight is 257 g/mol. The molecule has 0 aromatic carbocycles. The lowest BCUT2D eigenvalue weighted by atomic mass is 9.84. The van der Waals surface area contributed by atoms with Crippen molar-refractivity contribution in [3.8, 4) is 0 Å². The van der Waals surface area contributed by atoms with Crippen molar-refractivity contribution in [1.29, 1.82) is 0 Å². The van der Waals surface area contributed by atoms with E-state index in [0.717, 1.165) is 0 Å². The molecule has 0 saturated carbocycles. The minimum atomic E-state index is -0.953. The summed E-state index contributed by atoms with van der Waals surface area (Å²) in [6.07, 6.45) is 0.499. The van der Waals surface area contributed by atoms with Crippen LogP contribution in [0.1, 0.15) is 34.1 Å². The van der Waals surface area contributed by atoms with Gasteiger partial charge in [0.05, 0.1) is 12.2 Å². The summed E-state index contributed by atoms with van der Waals surface area (Å²) >= 11 is 0. The fraction of sp³-hybridized carbons (Fsp3) is 0.833. The Bertz CT molecular complexity index is 335. The maximum Gasteiger partial charge on any atom is 0.236 e. The second-order valence-corrected chi connectivity index (χ2v) is 5.14. The van der Waals surface area contributed by atoms with Gasteiger partial charge in [-0.1, -0.05) is 12.1 Å². The van der Waals surface area contributed by atoms with Crippen molar-refractivity contribution in [2.45, 2.75) is 46.3 Å². The molecule has 1 saturated heterocycles. The third-order valence-electron chi connectivity index (χ3n) is 3.56. The van der Waals surface area contributed by atoms with E-state index in [1.54, 1.807) is 11.8 Å². The van der Waals surface area contributed by atoms with Gasteiger partial charge in [-0.15, -0.1) is 0 Å².